The Morgan fingerprint density at radius 1 is 1.06 bits per heavy atom. The van der Waals surface area contributed by atoms with E-state index in [0.29, 0.717) is 16.1 Å². The van der Waals surface area contributed by atoms with Gasteiger partial charge in [0.2, 0.25) is 0 Å². The quantitative estimate of drug-likeness (QED) is 0.735. The SMILES string of the molecule is O=C(c1ccccc1)c1c(Cl)[c]ccc1Cl. The zero-order chi connectivity index (χ0) is 11.5. The Kier molecular flexibility index (Phi) is 3.28. The van der Waals surface area contributed by atoms with Gasteiger partial charge >= 0.3 is 0 Å². The van der Waals surface area contributed by atoms with Crippen LogP contribution >= 0.6 is 23.2 Å². The summed E-state index contributed by atoms with van der Waals surface area (Å²) in [6, 6.07) is 14.8. The van der Waals surface area contributed by atoms with E-state index in [1.165, 1.54) is 0 Å². The van der Waals surface area contributed by atoms with Crippen LogP contribution in [0.3, 0.4) is 0 Å². The van der Waals surface area contributed by atoms with Crippen LogP contribution in [0.15, 0.2) is 42.5 Å². The molecule has 0 N–H and O–H groups in total. The number of carbonyl (C=O) groups excluding carboxylic acids is 1. The van der Waals surface area contributed by atoms with E-state index in [0.717, 1.165) is 0 Å². The van der Waals surface area contributed by atoms with Crippen molar-refractivity contribution in [1.82, 2.24) is 0 Å². The molecule has 0 fully saturated rings. The van der Waals surface area contributed by atoms with Gasteiger partial charge in [-0.3, -0.25) is 4.79 Å². The van der Waals surface area contributed by atoms with Crippen LogP contribution in [-0.2, 0) is 0 Å². The molecule has 79 valence electrons. The Bertz CT molecular complexity index is 500. The maximum absolute atomic E-state index is 12.1. The van der Waals surface area contributed by atoms with Gasteiger partial charge in [-0.1, -0.05) is 59.6 Å². The van der Waals surface area contributed by atoms with Crippen molar-refractivity contribution in [3.8, 4) is 0 Å². The molecule has 0 saturated carbocycles. The van der Waals surface area contributed by atoms with E-state index in [9.17, 15) is 4.79 Å². The van der Waals surface area contributed by atoms with Gasteiger partial charge in [0, 0.05) is 11.6 Å². The Morgan fingerprint density at radius 3 is 2.38 bits per heavy atom. The van der Waals surface area contributed by atoms with E-state index in [4.69, 9.17) is 23.2 Å². The number of benzene rings is 2. The normalized spacial score (nSPS) is 10.1. The first-order valence-corrected chi connectivity index (χ1v) is 5.41. The third-order valence-corrected chi connectivity index (χ3v) is 2.77. The van der Waals surface area contributed by atoms with Gasteiger partial charge in [-0.05, 0) is 6.07 Å². The number of ketones is 1. The van der Waals surface area contributed by atoms with Gasteiger partial charge in [0.15, 0.2) is 5.78 Å². The van der Waals surface area contributed by atoms with Crippen molar-refractivity contribution >= 4 is 29.0 Å². The van der Waals surface area contributed by atoms with Crippen molar-refractivity contribution in [3.05, 3.63) is 69.7 Å². The molecule has 0 aromatic heterocycles. The van der Waals surface area contributed by atoms with Crippen LogP contribution in [0.5, 0.6) is 0 Å². The summed E-state index contributed by atoms with van der Waals surface area (Å²) >= 11 is 11.9. The minimum atomic E-state index is -0.188. The predicted molar refractivity (Wildman–Crippen MR) is 65.2 cm³/mol. The van der Waals surface area contributed by atoms with Gasteiger partial charge < -0.3 is 0 Å². The van der Waals surface area contributed by atoms with Crippen LogP contribution in [0.2, 0.25) is 10.0 Å². The first-order valence-electron chi connectivity index (χ1n) is 4.65. The number of halogens is 2. The fourth-order valence-electron chi connectivity index (χ4n) is 1.39. The minimum absolute atomic E-state index is 0.188. The largest absolute Gasteiger partial charge is 0.288 e. The summed E-state index contributed by atoms with van der Waals surface area (Å²) in [6.45, 7) is 0. The van der Waals surface area contributed by atoms with Crippen molar-refractivity contribution in [2.45, 2.75) is 0 Å². The lowest BCUT2D eigenvalue weighted by molar-refractivity contribution is 0.103. The summed E-state index contributed by atoms with van der Waals surface area (Å²) in [5.41, 5.74) is 0.864. The lowest BCUT2D eigenvalue weighted by Gasteiger charge is -2.05. The van der Waals surface area contributed by atoms with E-state index >= 15 is 0 Å². The second kappa shape index (κ2) is 4.69. The molecule has 0 saturated heterocycles. The van der Waals surface area contributed by atoms with E-state index in [2.05, 4.69) is 6.07 Å². The molecule has 0 bridgehead atoms. The van der Waals surface area contributed by atoms with Crippen LogP contribution in [0.25, 0.3) is 0 Å². The van der Waals surface area contributed by atoms with Gasteiger partial charge in [-0.15, -0.1) is 0 Å². The molecular weight excluding hydrogens is 243 g/mol. The molecule has 0 aliphatic rings. The lowest BCUT2D eigenvalue weighted by atomic mass is 10.0. The molecule has 0 unspecified atom stereocenters. The Morgan fingerprint density at radius 2 is 1.75 bits per heavy atom. The molecule has 16 heavy (non-hydrogen) atoms. The summed E-state index contributed by atoms with van der Waals surface area (Å²) in [5, 5.41) is 0.596. The highest BCUT2D eigenvalue weighted by Crippen LogP contribution is 2.26. The average molecular weight is 250 g/mol. The zero-order valence-corrected chi connectivity index (χ0v) is 9.72. The third kappa shape index (κ3) is 2.11. The molecule has 0 spiro atoms. The molecule has 0 aliphatic carbocycles. The first-order chi connectivity index (χ1) is 7.70. The van der Waals surface area contributed by atoms with E-state index < -0.39 is 0 Å². The zero-order valence-electron chi connectivity index (χ0n) is 8.21. The van der Waals surface area contributed by atoms with Gasteiger partial charge in [0.1, 0.15) is 0 Å². The third-order valence-electron chi connectivity index (χ3n) is 2.16. The summed E-state index contributed by atoms with van der Waals surface area (Å²) in [5.74, 6) is -0.188. The summed E-state index contributed by atoms with van der Waals surface area (Å²) in [6.07, 6.45) is 0. The molecule has 0 heterocycles. The van der Waals surface area contributed by atoms with Crippen molar-refractivity contribution in [2.24, 2.45) is 0 Å². The van der Waals surface area contributed by atoms with Crippen LogP contribution in [-0.4, -0.2) is 5.78 Å². The Hall–Kier alpha value is -1.31. The van der Waals surface area contributed by atoms with Crippen molar-refractivity contribution < 1.29 is 4.79 Å². The number of hydrogen-bond donors (Lipinski definition) is 0. The smallest absolute Gasteiger partial charge is 0.196 e. The van der Waals surface area contributed by atoms with Crippen molar-refractivity contribution in [1.29, 1.82) is 0 Å². The molecule has 3 heteroatoms. The average Bonchev–Trinajstić information content (AvgIpc) is 2.30. The predicted octanol–water partition coefficient (Wildman–Crippen LogP) is 4.02. The van der Waals surface area contributed by atoms with Crippen LogP contribution in [0, 0.1) is 6.07 Å². The van der Waals surface area contributed by atoms with E-state index in [1.807, 2.05) is 6.07 Å². The van der Waals surface area contributed by atoms with E-state index in [-0.39, 0.29) is 10.8 Å². The summed E-state index contributed by atoms with van der Waals surface area (Å²) in [7, 11) is 0. The number of rotatable bonds is 2. The monoisotopic (exact) mass is 249 g/mol. The molecule has 2 aromatic carbocycles. The Labute approximate surface area is 104 Å². The molecule has 0 aliphatic heterocycles. The standard InChI is InChI=1S/C13H7Cl2O/c14-10-7-4-8-11(15)12(10)13(16)9-5-2-1-3-6-9/h1-7H. The van der Waals surface area contributed by atoms with Gasteiger partial charge in [0.25, 0.3) is 0 Å². The van der Waals surface area contributed by atoms with Crippen molar-refractivity contribution in [2.75, 3.05) is 0 Å². The molecule has 0 amide bonds. The molecular formula is C13H7Cl2O. The van der Waals surface area contributed by atoms with Gasteiger partial charge in [0.05, 0.1) is 15.6 Å². The van der Waals surface area contributed by atoms with Crippen molar-refractivity contribution in [3.63, 3.8) is 0 Å². The number of hydrogen-bond acceptors (Lipinski definition) is 1. The number of carbonyl (C=O) groups is 1. The maximum atomic E-state index is 12.1. The molecule has 0 atom stereocenters. The van der Waals surface area contributed by atoms with Crippen LogP contribution in [0.1, 0.15) is 15.9 Å². The lowest BCUT2D eigenvalue weighted by Crippen LogP contribution is -2.02. The van der Waals surface area contributed by atoms with Gasteiger partial charge in [-0.2, -0.15) is 0 Å². The highest BCUT2D eigenvalue weighted by atomic mass is 35.5. The topological polar surface area (TPSA) is 17.1 Å². The Balaban J connectivity index is 2.50. The molecule has 1 radical (unpaired) electrons. The first kappa shape index (κ1) is 11.2. The van der Waals surface area contributed by atoms with Crippen LogP contribution < -0.4 is 0 Å². The fraction of sp³-hybridized carbons (Fsp3) is 0. The second-order valence-corrected chi connectivity index (χ2v) is 3.99. The highest BCUT2D eigenvalue weighted by molar-refractivity contribution is 6.40. The minimum Gasteiger partial charge on any atom is -0.288 e. The van der Waals surface area contributed by atoms with E-state index in [1.54, 1.807) is 36.4 Å². The molecule has 2 aromatic rings. The molecule has 2 rings (SSSR count). The summed E-state index contributed by atoms with van der Waals surface area (Å²) in [4.78, 5) is 12.1. The molecule has 1 nitrogen and oxygen atoms in total. The maximum Gasteiger partial charge on any atom is 0.196 e. The fourth-order valence-corrected chi connectivity index (χ4v) is 1.93. The highest BCUT2D eigenvalue weighted by Gasteiger charge is 2.15. The second-order valence-electron chi connectivity index (χ2n) is 3.21. The summed E-state index contributed by atoms with van der Waals surface area (Å²) < 4.78 is 0. The van der Waals surface area contributed by atoms with Gasteiger partial charge in [-0.25, -0.2) is 0 Å². The van der Waals surface area contributed by atoms with Crippen LogP contribution in [0.4, 0.5) is 0 Å².